The third-order valence-corrected chi connectivity index (χ3v) is 4.14. The topological polar surface area (TPSA) is 110 Å². The Labute approximate surface area is 129 Å². The van der Waals surface area contributed by atoms with Gasteiger partial charge in [0.05, 0.1) is 16.6 Å². The number of hydrogen-bond donors (Lipinski definition) is 2. The molecule has 122 valence electrons. The lowest BCUT2D eigenvalue weighted by atomic mass is 10.2. The number of sulfone groups is 1. The first kappa shape index (κ1) is 18.1. The third-order valence-electron chi connectivity index (χ3n) is 3.05. The third kappa shape index (κ3) is 5.45. The molecule has 0 saturated carbocycles. The summed E-state index contributed by atoms with van der Waals surface area (Å²) in [5, 5.41) is 11.5. The van der Waals surface area contributed by atoms with E-state index in [0.29, 0.717) is 6.42 Å². The van der Waals surface area contributed by atoms with Crippen LogP contribution in [0.5, 0.6) is 0 Å². The van der Waals surface area contributed by atoms with Crippen molar-refractivity contribution in [3.05, 3.63) is 23.8 Å². The normalized spacial score (nSPS) is 12.7. The Bertz CT molecular complexity index is 668. The first-order chi connectivity index (χ1) is 10.1. The van der Waals surface area contributed by atoms with Gasteiger partial charge in [-0.25, -0.2) is 13.2 Å². The molecule has 1 aromatic rings. The number of carboxylic acid groups (broad SMARTS) is 1. The van der Waals surface area contributed by atoms with E-state index in [0.717, 1.165) is 12.3 Å². The van der Waals surface area contributed by atoms with Gasteiger partial charge in [0.2, 0.25) is 5.91 Å². The summed E-state index contributed by atoms with van der Waals surface area (Å²) < 4.78 is 28.2. The van der Waals surface area contributed by atoms with Gasteiger partial charge in [0.25, 0.3) is 0 Å². The minimum absolute atomic E-state index is 0.0808. The minimum atomic E-state index is -3.58. The van der Waals surface area contributed by atoms with E-state index in [2.05, 4.69) is 5.32 Å². The molecule has 0 aliphatic heterocycles. The number of carbonyl (C=O) groups is 2. The lowest BCUT2D eigenvalue weighted by Crippen LogP contribution is -2.16. The Morgan fingerprint density at radius 1 is 1.32 bits per heavy atom. The van der Waals surface area contributed by atoms with Gasteiger partial charge < -0.3 is 15.2 Å². The van der Waals surface area contributed by atoms with Crippen molar-refractivity contribution < 1.29 is 27.9 Å². The van der Waals surface area contributed by atoms with Crippen LogP contribution in [-0.2, 0) is 19.4 Å². The van der Waals surface area contributed by atoms with Gasteiger partial charge in [-0.1, -0.05) is 0 Å². The van der Waals surface area contributed by atoms with Crippen LogP contribution in [0.2, 0.25) is 0 Å². The Kier molecular flexibility index (Phi) is 6.07. The number of ether oxygens (including phenoxy) is 1. The Hall–Kier alpha value is -1.93. The second kappa shape index (κ2) is 7.37. The molecule has 0 fully saturated rings. The number of aromatic carboxylic acids is 1. The summed E-state index contributed by atoms with van der Waals surface area (Å²) >= 11 is 0. The van der Waals surface area contributed by atoms with Crippen LogP contribution in [0.15, 0.2) is 23.1 Å². The highest BCUT2D eigenvalue weighted by Gasteiger charge is 2.15. The summed E-state index contributed by atoms with van der Waals surface area (Å²) in [7, 11) is -2.04. The van der Waals surface area contributed by atoms with Gasteiger partial charge in [-0.2, -0.15) is 0 Å². The first-order valence-electron chi connectivity index (χ1n) is 6.54. The van der Waals surface area contributed by atoms with Crippen LogP contribution in [0, 0.1) is 0 Å². The van der Waals surface area contributed by atoms with Crippen molar-refractivity contribution in [2.24, 2.45) is 0 Å². The molecular weight excluding hydrogens is 310 g/mol. The monoisotopic (exact) mass is 329 g/mol. The zero-order valence-corrected chi connectivity index (χ0v) is 13.4. The maximum absolute atomic E-state index is 11.8. The fraction of sp³-hybridized carbons (Fsp3) is 0.429. The van der Waals surface area contributed by atoms with Gasteiger partial charge >= 0.3 is 5.97 Å². The van der Waals surface area contributed by atoms with E-state index in [9.17, 15) is 18.0 Å². The van der Waals surface area contributed by atoms with E-state index in [1.807, 2.05) is 6.92 Å². The molecule has 8 heteroatoms. The van der Waals surface area contributed by atoms with Crippen LogP contribution < -0.4 is 5.32 Å². The second-order valence-corrected chi connectivity index (χ2v) is 6.97. The number of rotatable bonds is 7. The Morgan fingerprint density at radius 2 is 1.95 bits per heavy atom. The van der Waals surface area contributed by atoms with Gasteiger partial charge in [0, 0.05) is 25.5 Å². The predicted molar refractivity (Wildman–Crippen MR) is 80.8 cm³/mol. The Morgan fingerprint density at radius 3 is 2.45 bits per heavy atom. The van der Waals surface area contributed by atoms with Gasteiger partial charge in [0.1, 0.15) is 0 Å². The van der Waals surface area contributed by atoms with Crippen LogP contribution in [0.3, 0.4) is 0 Å². The van der Waals surface area contributed by atoms with Crippen molar-refractivity contribution in [3.8, 4) is 0 Å². The van der Waals surface area contributed by atoms with E-state index in [1.165, 1.54) is 19.2 Å². The van der Waals surface area contributed by atoms with Crippen molar-refractivity contribution in [2.45, 2.75) is 30.8 Å². The molecule has 1 rings (SSSR count). The number of carboxylic acids is 1. The van der Waals surface area contributed by atoms with E-state index >= 15 is 0 Å². The summed E-state index contributed by atoms with van der Waals surface area (Å²) in [6, 6.07) is 3.51. The van der Waals surface area contributed by atoms with Crippen molar-refractivity contribution in [3.63, 3.8) is 0 Å². The number of nitrogens with one attached hydrogen (secondary N) is 1. The van der Waals surface area contributed by atoms with Crippen LogP contribution in [0.25, 0.3) is 0 Å². The molecule has 22 heavy (non-hydrogen) atoms. The second-order valence-electron chi connectivity index (χ2n) is 4.96. The van der Waals surface area contributed by atoms with E-state index in [-0.39, 0.29) is 34.6 Å². The predicted octanol–water partition coefficient (Wildman–Crippen LogP) is 1.54. The lowest BCUT2D eigenvalue weighted by molar-refractivity contribution is -0.116. The van der Waals surface area contributed by atoms with Crippen LogP contribution in [0.4, 0.5) is 5.69 Å². The summed E-state index contributed by atoms with van der Waals surface area (Å²) in [4.78, 5) is 22.7. The fourth-order valence-electron chi connectivity index (χ4n) is 1.68. The fourth-order valence-corrected chi connectivity index (χ4v) is 2.37. The van der Waals surface area contributed by atoms with Gasteiger partial charge in [-0.3, -0.25) is 4.79 Å². The highest BCUT2D eigenvalue weighted by Crippen LogP contribution is 2.19. The standard InChI is InChI=1S/C14H19NO6S/c1-9(21-2)4-5-13(16)15-11-6-10(14(17)18)7-12(8-11)22(3,19)20/h6-9H,4-5H2,1-3H3,(H,15,16)(H,17,18). The van der Waals surface area contributed by atoms with Crippen molar-refractivity contribution in [2.75, 3.05) is 18.7 Å². The summed E-state index contributed by atoms with van der Waals surface area (Å²) in [6.07, 6.45) is 1.57. The maximum Gasteiger partial charge on any atom is 0.335 e. The minimum Gasteiger partial charge on any atom is -0.478 e. The van der Waals surface area contributed by atoms with Crippen LogP contribution in [-0.4, -0.2) is 44.9 Å². The molecular formula is C14H19NO6S. The van der Waals surface area contributed by atoms with E-state index in [1.54, 1.807) is 0 Å². The number of anilines is 1. The number of hydrogen-bond acceptors (Lipinski definition) is 5. The molecule has 1 aromatic carbocycles. The molecule has 7 nitrogen and oxygen atoms in total. The Balaban J connectivity index is 2.97. The smallest absolute Gasteiger partial charge is 0.335 e. The molecule has 0 aliphatic carbocycles. The van der Waals surface area contributed by atoms with Crippen LogP contribution >= 0.6 is 0 Å². The zero-order valence-electron chi connectivity index (χ0n) is 12.6. The lowest BCUT2D eigenvalue weighted by Gasteiger charge is -2.11. The molecule has 0 aliphatic rings. The molecule has 0 aromatic heterocycles. The molecule has 1 unspecified atom stereocenters. The van der Waals surface area contributed by atoms with E-state index < -0.39 is 15.8 Å². The van der Waals surface area contributed by atoms with Crippen molar-refractivity contribution >= 4 is 27.4 Å². The molecule has 0 spiro atoms. The van der Waals surface area contributed by atoms with Gasteiger partial charge in [0.15, 0.2) is 9.84 Å². The number of carbonyl (C=O) groups excluding carboxylic acids is 1. The highest BCUT2D eigenvalue weighted by molar-refractivity contribution is 7.90. The van der Waals surface area contributed by atoms with Gasteiger partial charge in [-0.15, -0.1) is 0 Å². The summed E-state index contributed by atoms with van der Waals surface area (Å²) in [6.45, 7) is 1.82. The average molecular weight is 329 g/mol. The van der Waals surface area contributed by atoms with Crippen molar-refractivity contribution in [1.29, 1.82) is 0 Å². The first-order valence-corrected chi connectivity index (χ1v) is 8.43. The summed E-state index contributed by atoms with van der Waals surface area (Å²) in [5.74, 6) is -1.61. The molecule has 0 saturated heterocycles. The van der Waals surface area contributed by atoms with Gasteiger partial charge in [-0.05, 0) is 31.5 Å². The molecule has 1 atom stereocenters. The molecule has 2 N–H and O–H groups in total. The quantitative estimate of drug-likeness (QED) is 0.785. The molecule has 0 bridgehead atoms. The number of amides is 1. The molecule has 0 radical (unpaired) electrons. The maximum atomic E-state index is 11.8. The van der Waals surface area contributed by atoms with E-state index in [4.69, 9.17) is 9.84 Å². The SMILES string of the molecule is COC(C)CCC(=O)Nc1cc(C(=O)O)cc(S(C)(=O)=O)c1. The molecule has 0 heterocycles. The number of methoxy groups -OCH3 is 1. The zero-order chi connectivity index (χ0) is 16.9. The largest absolute Gasteiger partial charge is 0.478 e. The molecule has 1 amide bonds. The van der Waals surface area contributed by atoms with Crippen LogP contribution in [0.1, 0.15) is 30.1 Å². The highest BCUT2D eigenvalue weighted by atomic mass is 32.2. The van der Waals surface area contributed by atoms with Crippen molar-refractivity contribution in [1.82, 2.24) is 0 Å². The average Bonchev–Trinajstić information content (AvgIpc) is 2.43. The summed E-state index contributed by atoms with van der Waals surface area (Å²) in [5.41, 5.74) is -0.0705. The number of benzene rings is 1.